The summed E-state index contributed by atoms with van der Waals surface area (Å²) >= 11 is 0. The number of carbonyl (C=O) groups is 1. The van der Waals surface area contributed by atoms with Gasteiger partial charge in [-0.1, -0.05) is 23.4 Å². The van der Waals surface area contributed by atoms with E-state index >= 15 is 0 Å². The molecule has 0 aliphatic heterocycles. The van der Waals surface area contributed by atoms with Crippen LogP contribution < -0.4 is 14.8 Å². The molecule has 2 aromatic carbocycles. The summed E-state index contributed by atoms with van der Waals surface area (Å²) in [6.45, 7) is 2.96. The summed E-state index contributed by atoms with van der Waals surface area (Å²) in [5, 5.41) is 6.86. The van der Waals surface area contributed by atoms with E-state index < -0.39 is 0 Å². The van der Waals surface area contributed by atoms with E-state index in [4.69, 9.17) is 14.0 Å². The SMILES string of the molecule is CCOc1ccc(-c2noc(CCC(=O)NCc3ccccc3OC)n2)cc1. The summed E-state index contributed by atoms with van der Waals surface area (Å²) in [6, 6.07) is 15.1. The third-order valence-electron chi connectivity index (χ3n) is 4.13. The molecular formula is C21H23N3O4. The molecule has 1 amide bonds. The third kappa shape index (κ3) is 5.09. The number of methoxy groups -OCH3 is 1. The number of hydrogen-bond donors (Lipinski definition) is 1. The minimum atomic E-state index is -0.0910. The van der Waals surface area contributed by atoms with Crippen LogP contribution in [0.2, 0.25) is 0 Å². The molecule has 0 saturated heterocycles. The average molecular weight is 381 g/mol. The fourth-order valence-corrected chi connectivity index (χ4v) is 2.69. The Bertz CT molecular complexity index is 906. The van der Waals surface area contributed by atoms with Crippen LogP contribution in [0, 0.1) is 0 Å². The first-order valence-electron chi connectivity index (χ1n) is 9.14. The molecule has 3 rings (SSSR count). The molecule has 0 aliphatic rings. The van der Waals surface area contributed by atoms with Gasteiger partial charge in [0.15, 0.2) is 0 Å². The molecule has 1 aromatic heterocycles. The topological polar surface area (TPSA) is 86.5 Å². The monoisotopic (exact) mass is 381 g/mol. The van der Waals surface area contributed by atoms with Crippen molar-refractivity contribution in [3.63, 3.8) is 0 Å². The molecule has 0 spiro atoms. The number of nitrogens with zero attached hydrogens (tertiary/aromatic N) is 2. The molecule has 0 bridgehead atoms. The second kappa shape index (κ2) is 9.55. The lowest BCUT2D eigenvalue weighted by molar-refractivity contribution is -0.121. The zero-order chi connectivity index (χ0) is 19.8. The standard InChI is InChI=1S/C21H23N3O4/c1-3-27-17-10-8-15(9-11-17)21-23-20(28-24-21)13-12-19(25)22-14-16-6-4-5-7-18(16)26-2/h4-11H,3,12-14H2,1-2H3,(H,22,25). The Morgan fingerprint density at radius 1 is 1.14 bits per heavy atom. The zero-order valence-corrected chi connectivity index (χ0v) is 16.0. The minimum Gasteiger partial charge on any atom is -0.496 e. The summed E-state index contributed by atoms with van der Waals surface area (Å²) < 4.78 is 16.0. The lowest BCUT2D eigenvalue weighted by Crippen LogP contribution is -2.23. The minimum absolute atomic E-state index is 0.0910. The van der Waals surface area contributed by atoms with Crippen LogP contribution in [0.1, 0.15) is 24.8 Å². The summed E-state index contributed by atoms with van der Waals surface area (Å²) in [6.07, 6.45) is 0.641. The fourth-order valence-electron chi connectivity index (χ4n) is 2.69. The number of amides is 1. The predicted molar refractivity (Wildman–Crippen MR) is 104 cm³/mol. The van der Waals surface area contributed by atoms with E-state index in [9.17, 15) is 4.79 Å². The van der Waals surface area contributed by atoms with Crippen LogP contribution in [0.3, 0.4) is 0 Å². The second-order valence-corrected chi connectivity index (χ2v) is 6.06. The van der Waals surface area contributed by atoms with Crippen molar-refractivity contribution in [1.82, 2.24) is 15.5 Å². The number of ether oxygens (including phenoxy) is 2. The van der Waals surface area contributed by atoms with E-state index in [-0.39, 0.29) is 12.3 Å². The number of aromatic nitrogens is 2. The highest BCUT2D eigenvalue weighted by Gasteiger charge is 2.11. The first-order chi connectivity index (χ1) is 13.7. The van der Waals surface area contributed by atoms with Crippen molar-refractivity contribution >= 4 is 5.91 Å². The van der Waals surface area contributed by atoms with Crippen LogP contribution in [-0.4, -0.2) is 29.8 Å². The van der Waals surface area contributed by atoms with Crippen LogP contribution in [0.5, 0.6) is 11.5 Å². The van der Waals surface area contributed by atoms with Crippen LogP contribution in [-0.2, 0) is 17.8 Å². The largest absolute Gasteiger partial charge is 0.496 e. The Labute approximate surface area is 163 Å². The van der Waals surface area contributed by atoms with Gasteiger partial charge in [-0.3, -0.25) is 4.79 Å². The van der Waals surface area contributed by atoms with E-state index in [1.165, 1.54) is 0 Å². The molecule has 146 valence electrons. The smallest absolute Gasteiger partial charge is 0.227 e. The van der Waals surface area contributed by atoms with Crippen molar-refractivity contribution in [1.29, 1.82) is 0 Å². The molecule has 0 aliphatic carbocycles. The predicted octanol–water partition coefficient (Wildman–Crippen LogP) is 3.39. The Morgan fingerprint density at radius 2 is 1.93 bits per heavy atom. The van der Waals surface area contributed by atoms with E-state index in [0.29, 0.717) is 31.3 Å². The molecule has 3 aromatic rings. The lowest BCUT2D eigenvalue weighted by atomic mass is 10.2. The summed E-state index contributed by atoms with van der Waals surface area (Å²) in [4.78, 5) is 16.5. The number of rotatable bonds is 9. The average Bonchev–Trinajstić information content (AvgIpc) is 3.21. The first-order valence-corrected chi connectivity index (χ1v) is 9.14. The molecule has 0 saturated carbocycles. The Morgan fingerprint density at radius 3 is 2.68 bits per heavy atom. The number of para-hydroxylation sites is 1. The first kappa shape index (κ1) is 19.4. The van der Waals surface area contributed by atoms with Gasteiger partial charge >= 0.3 is 0 Å². The van der Waals surface area contributed by atoms with Gasteiger partial charge < -0.3 is 19.3 Å². The highest BCUT2D eigenvalue weighted by molar-refractivity contribution is 5.76. The van der Waals surface area contributed by atoms with Crippen molar-refractivity contribution in [2.75, 3.05) is 13.7 Å². The van der Waals surface area contributed by atoms with Crippen LogP contribution >= 0.6 is 0 Å². The molecule has 0 atom stereocenters. The third-order valence-corrected chi connectivity index (χ3v) is 4.13. The van der Waals surface area contributed by atoms with Gasteiger partial charge in [0.1, 0.15) is 11.5 Å². The molecule has 28 heavy (non-hydrogen) atoms. The molecule has 1 heterocycles. The normalized spacial score (nSPS) is 10.5. The maximum absolute atomic E-state index is 12.1. The second-order valence-electron chi connectivity index (χ2n) is 6.06. The van der Waals surface area contributed by atoms with E-state index in [2.05, 4.69) is 15.5 Å². The van der Waals surface area contributed by atoms with Crippen molar-refractivity contribution < 1.29 is 18.8 Å². The quantitative estimate of drug-likeness (QED) is 0.611. The molecule has 7 nitrogen and oxygen atoms in total. The number of nitrogens with one attached hydrogen (secondary N) is 1. The van der Waals surface area contributed by atoms with Gasteiger partial charge in [-0.05, 0) is 37.3 Å². The molecular weight excluding hydrogens is 358 g/mol. The summed E-state index contributed by atoms with van der Waals surface area (Å²) in [5.74, 6) is 2.37. The molecule has 0 fully saturated rings. The van der Waals surface area contributed by atoms with Crippen molar-refractivity contribution in [3.05, 3.63) is 60.0 Å². The molecule has 0 radical (unpaired) electrons. The molecule has 0 unspecified atom stereocenters. The van der Waals surface area contributed by atoms with Gasteiger partial charge in [0.2, 0.25) is 17.6 Å². The number of benzene rings is 2. The van der Waals surface area contributed by atoms with Gasteiger partial charge in [-0.25, -0.2) is 0 Å². The number of aryl methyl sites for hydroxylation is 1. The maximum Gasteiger partial charge on any atom is 0.227 e. The zero-order valence-electron chi connectivity index (χ0n) is 16.0. The van der Waals surface area contributed by atoms with Crippen molar-refractivity contribution in [3.8, 4) is 22.9 Å². The van der Waals surface area contributed by atoms with Gasteiger partial charge in [-0.15, -0.1) is 0 Å². The van der Waals surface area contributed by atoms with Crippen molar-refractivity contribution in [2.45, 2.75) is 26.3 Å². The van der Waals surface area contributed by atoms with E-state index in [1.807, 2.05) is 55.5 Å². The maximum atomic E-state index is 12.1. The molecule has 7 heteroatoms. The fraction of sp³-hybridized carbons (Fsp3) is 0.286. The van der Waals surface area contributed by atoms with Crippen molar-refractivity contribution in [2.24, 2.45) is 0 Å². The van der Waals surface area contributed by atoms with E-state index in [1.54, 1.807) is 7.11 Å². The van der Waals surface area contributed by atoms with Gasteiger partial charge in [0.25, 0.3) is 0 Å². The van der Waals surface area contributed by atoms with E-state index in [0.717, 1.165) is 22.6 Å². The van der Waals surface area contributed by atoms with Crippen LogP contribution in [0.15, 0.2) is 53.1 Å². The molecule has 1 N–H and O–H groups in total. The number of hydrogen-bond acceptors (Lipinski definition) is 6. The lowest BCUT2D eigenvalue weighted by Gasteiger charge is -2.09. The van der Waals surface area contributed by atoms with Gasteiger partial charge in [-0.2, -0.15) is 4.98 Å². The van der Waals surface area contributed by atoms with Gasteiger partial charge in [0, 0.05) is 30.5 Å². The Balaban J connectivity index is 1.50. The van der Waals surface area contributed by atoms with Crippen LogP contribution in [0.25, 0.3) is 11.4 Å². The summed E-state index contributed by atoms with van der Waals surface area (Å²) in [7, 11) is 1.61. The van der Waals surface area contributed by atoms with Crippen LogP contribution in [0.4, 0.5) is 0 Å². The highest BCUT2D eigenvalue weighted by atomic mass is 16.5. The summed E-state index contributed by atoms with van der Waals surface area (Å²) in [5.41, 5.74) is 1.76. The highest BCUT2D eigenvalue weighted by Crippen LogP contribution is 2.20. The Kier molecular flexibility index (Phi) is 6.62. The van der Waals surface area contributed by atoms with Gasteiger partial charge in [0.05, 0.1) is 13.7 Å². The Hall–Kier alpha value is -3.35. The number of carbonyl (C=O) groups excluding carboxylic acids is 1.